The summed E-state index contributed by atoms with van der Waals surface area (Å²) in [6, 6.07) is 5.37. The van der Waals surface area contributed by atoms with Crippen LogP contribution in [0.1, 0.15) is 18.9 Å². The highest BCUT2D eigenvalue weighted by Crippen LogP contribution is 2.23. The van der Waals surface area contributed by atoms with Gasteiger partial charge in [-0.2, -0.15) is 0 Å². The highest BCUT2D eigenvalue weighted by molar-refractivity contribution is 6.31. The Bertz CT molecular complexity index is 245. The normalized spacial score (nSPS) is 10.0. The zero-order chi connectivity index (χ0) is 8.27. The van der Waals surface area contributed by atoms with Gasteiger partial charge in [-0.05, 0) is 24.1 Å². The van der Waals surface area contributed by atoms with E-state index in [1.165, 1.54) is 0 Å². The van der Waals surface area contributed by atoms with Crippen molar-refractivity contribution in [3.8, 4) is 5.75 Å². The van der Waals surface area contributed by atoms with Crippen LogP contribution in [0.4, 0.5) is 0 Å². The van der Waals surface area contributed by atoms with Crippen LogP contribution in [0.25, 0.3) is 0 Å². The zero-order valence-electron chi connectivity index (χ0n) is 6.47. The molecular formula is C9H11ClO. The first kappa shape index (κ1) is 8.41. The molecule has 0 bridgehead atoms. The molecule has 0 saturated heterocycles. The van der Waals surface area contributed by atoms with E-state index in [1.54, 1.807) is 12.1 Å². The number of rotatable bonds is 2. The molecule has 1 rings (SSSR count). The Morgan fingerprint density at radius 1 is 1.45 bits per heavy atom. The monoisotopic (exact) mass is 170 g/mol. The maximum Gasteiger partial charge on any atom is 0.134 e. The Morgan fingerprint density at radius 2 is 2.18 bits per heavy atom. The fraction of sp³-hybridized carbons (Fsp3) is 0.333. The predicted octanol–water partition coefficient (Wildman–Crippen LogP) is 3.00. The first-order valence-electron chi connectivity index (χ1n) is 3.71. The minimum absolute atomic E-state index is 0.178. The topological polar surface area (TPSA) is 20.2 Å². The molecule has 1 N–H and O–H groups in total. The van der Waals surface area contributed by atoms with E-state index in [0.29, 0.717) is 5.02 Å². The number of aromatic hydroxyl groups is 1. The number of hydrogen-bond acceptors (Lipinski definition) is 1. The molecule has 2 heteroatoms. The summed E-state index contributed by atoms with van der Waals surface area (Å²) in [5.41, 5.74) is 1.13. The smallest absolute Gasteiger partial charge is 0.134 e. The Hall–Kier alpha value is -0.690. The van der Waals surface area contributed by atoms with Gasteiger partial charge in [-0.3, -0.25) is 0 Å². The first-order valence-corrected chi connectivity index (χ1v) is 4.09. The van der Waals surface area contributed by atoms with Crippen molar-refractivity contribution in [3.05, 3.63) is 28.8 Å². The molecule has 0 atom stereocenters. The average Bonchev–Trinajstić information content (AvgIpc) is 1.98. The summed E-state index contributed by atoms with van der Waals surface area (Å²) >= 11 is 5.63. The van der Waals surface area contributed by atoms with Gasteiger partial charge in [-0.1, -0.05) is 31.0 Å². The molecule has 1 nitrogen and oxygen atoms in total. The standard InChI is InChI=1S/C9H11ClO/c1-2-3-7-4-5-8(10)9(11)6-7/h4-6,11H,2-3H2,1H3. The lowest BCUT2D eigenvalue weighted by Crippen LogP contribution is -1.81. The lowest BCUT2D eigenvalue weighted by molar-refractivity contribution is 0.475. The van der Waals surface area contributed by atoms with Crippen LogP contribution in [0, 0.1) is 0 Å². The van der Waals surface area contributed by atoms with E-state index in [4.69, 9.17) is 11.6 Å². The van der Waals surface area contributed by atoms with Crippen molar-refractivity contribution in [3.63, 3.8) is 0 Å². The largest absolute Gasteiger partial charge is 0.506 e. The second kappa shape index (κ2) is 3.63. The van der Waals surface area contributed by atoms with Gasteiger partial charge < -0.3 is 5.11 Å². The fourth-order valence-electron chi connectivity index (χ4n) is 1.00. The third-order valence-electron chi connectivity index (χ3n) is 1.55. The maximum absolute atomic E-state index is 9.19. The van der Waals surface area contributed by atoms with Gasteiger partial charge in [0.25, 0.3) is 0 Å². The molecule has 0 aromatic heterocycles. The van der Waals surface area contributed by atoms with Gasteiger partial charge in [0.05, 0.1) is 5.02 Å². The number of benzene rings is 1. The van der Waals surface area contributed by atoms with Gasteiger partial charge in [0.15, 0.2) is 0 Å². The van der Waals surface area contributed by atoms with Crippen molar-refractivity contribution < 1.29 is 5.11 Å². The van der Waals surface area contributed by atoms with Crippen LogP contribution in [-0.4, -0.2) is 5.11 Å². The van der Waals surface area contributed by atoms with Crippen LogP contribution in [0.3, 0.4) is 0 Å². The molecule has 0 radical (unpaired) electrons. The molecule has 0 aliphatic rings. The van der Waals surface area contributed by atoms with Gasteiger partial charge >= 0.3 is 0 Å². The van der Waals surface area contributed by atoms with E-state index in [9.17, 15) is 5.11 Å². The number of aryl methyl sites for hydroxylation is 1. The highest BCUT2D eigenvalue weighted by Gasteiger charge is 1.97. The molecule has 0 unspecified atom stereocenters. The molecule has 11 heavy (non-hydrogen) atoms. The molecule has 0 fully saturated rings. The quantitative estimate of drug-likeness (QED) is 0.724. The van der Waals surface area contributed by atoms with E-state index < -0.39 is 0 Å². The van der Waals surface area contributed by atoms with Gasteiger partial charge in [-0.15, -0.1) is 0 Å². The van der Waals surface area contributed by atoms with Gasteiger partial charge in [0.1, 0.15) is 5.75 Å². The van der Waals surface area contributed by atoms with Crippen LogP contribution in [0.15, 0.2) is 18.2 Å². The summed E-state index contributed by atoms with van der Waals surface area (Å²) in [4.78, 5) is 0. The number of phenols is 1. The summed E-state index contributed by atoms with van der Waals surface area (Å²) in [5.74, 6) is 0.178. The van der Waals surface area contributed by atoms with Crippen LogP contribution in [-0.2, 0) is 6.42 Å². The molecule has 0 aliphatic carbocycles. The van der Waals surface area contributed by atoms with Crippen molar-refractivity contribution in [2.45, 2.75) is 19.8 Å². The summed E-state index contributed by atoms with van der Waals surface area (Å²) < 4.78 is 0. The Morgan fingerprint density at radius 3 is 2.73 bits per heavy atom. The molecule has 0 heterocycles. The fourth-order valence-corrected chi connectivity index (χ4v) is 1.12. The highest BCUT2D eigenvalue weighted by atomic mass is 35.5. The molecule has 0 saturated carbocycles. The Labute approximate surface area is 71.6 Å². The summed E-state index contributed by atoms with van der Waals surface area (Å²) in [6.07, 6.45) is 2.08. The SMILES string of the molecule is CCCc1ccc(Cl)c(O)c1. The molecule has 60 valence electrons. The van der Waals surface area contributed by atoms with E-state index in [-0.39, 0.29) is 5.75 Å². The molecule has 0 spiro atoms. The van der Waals surface area contributed by atoms with Gasteiger partial charge in [0, 0.05) is 0 Å². The van der Waals surface area contributed by atoms with Gasteiger partial charge in [-0.25, -0.2) is 0 Å². The van der Waals surface area contributed by atoms with E-state index in [0.717, 1.165) is 18.4 Å². The average molecular weight is 171 g/mol. The van der Waals surface area contributed by atoms with Crippen LogP contribution in [0.5, 0.6) is 5.75 Å². The first-order chi connectivity index (χ1) is 5.24. The van der Waals surface area contributed by atoms with Crippen molar-refractivity contribution in [2.24, 2.45) is 0 Å². The molecule has 0 amide bonds. The number of hydrogen-bond donors (Lipinski definition) is 1. The van der Waals surface area contributed by atoms with Crippen LogP contribution in [0.2, 0.25) is 5.02 Å². The third-order valence-corrected chi connectivity index (χ3v) is 1.87. The number of halogens is 1. The van der Waals surface area contributed by atoms with Crippen molar-refractivity contribution >= 4 is 11.6 Å². The molecular weight excluding hydrogens is 160 g/mol. The lowest BCUT2D eigenvalue weighted by Gasteiger charge is -2.00. The maximum atomic E-state index is 9.19. The Kier molecular flexibility index (Phi) is 2.77. The summed E-state index contributed by atoms with van der Waals surface area (Å²) in [6.45, 7) is 2.10. The van der Waals surface area contributed by atoms with Crippen molar-refractivity contribution in [1.82, 2.24) is 0 Å². The molecule has 1 aromatic rings. The van der Waals surface area contributed by atoms with Crippen molar-refractivity contribution in [2.75, 3.05) is 0 Å². The molecule has 1 aromatic carbocycles. The zero-order valence-corrected chi connectivity index (χ0v) is 7.23. The molecule has 0 aliphatic heterocycles. The second-order valence-electron chi connectivity index (χ2n) is 2.54. The third kappa shape index (κ3) is 2.12. The summed E-state index contributed by atoms with van der Waals surface area (Å²) in [5, 5.41) is 9.62. The van der Waals surface area contributed by atoms with Crippen molar-refractivity contribution in [1.29, 1.82) is 0 Å². The second-order valence-corrected chi connectivity index (χ2v) is 2.94. The number of phenolic OH excluding ortho intramolecular Hbond substituents is 1. The Balaban J connectivity index is 2.86. The minimum atomic E-state index is 0.178. The lowest BCUT2D eigenvalue weighted by atomic mass is 10.1. The van der Waals surface area contributed by atoms with E-state index >= 15 is 0 Å². The summed E-state index contributed by atoms with van der Waals surface area (Å²) in [7, 11) is 0. The van der Waals surface area contributed by atoms with Crippen LogP contribution >= 0.6 is 11.6 Å². The van der Waals surface area contributed by atoms with Crippen LogP contribution < -0.4 is 0 Å². The van der Waals surface area contributed by atoms with Gasteiger partial charge in [0.2, 0.25) is 0 Å². The predicted molar refractivity (Wildman–Crippen MR) is 47.1 cm³/mol. The minimum Gasteiger partial charge on any atom is -0.506 e. The van der Waals surface area contributed by atoms with E-state index in [1.807, 2.05) is 6.07 Å². The van der Waals surface area contributed by atoms with E-state index in [2.05, 4.69) is 6.92 Å².